The Balaban J connectivity index is 1.53. The molecule has 39 heavy (non-hydrogen) atoms. The smallest absolute Gasteiger partial charge is 0.335 e. The molecule has 0 spiro atoms. The van der Waals surface area contributed by atoms with Gasteiger partial charge in [0.25, 0.3) is 0 Å². The van der Waals surface area contributed by atoms with Crippen LogP contribution in [-0.4, -0.2) is 87.3 Å². The number of rotatable bonds is 8. The summed E-state index contributed by atoms with van der Waals surface area (Å²) in [5.74, 6) is -2.05. The van der Waals surface area contributed by atoms with Crippen LogP contribution in [0.5, 0.6) is 23.0 Å². The molecule has 1 aliphatic heterocycles. The first-order chi connectivity index (χ1) is 18.5. The second-order valence-electron chi connectivity index (χ2n) is 9.51. The monoisotopic (exact) mass is 546 g/mol. The van der Waals surface area contributed by atoms with Crippen molar-refractivity contribution in [3.05, 3.63) is 53.1 Å². The number of carbonyl (C=O) groups excluding carboxylic acids is 1. The molecular weight excluding hydrogens is 516 g/mol. The number of phenolic OH excluding ortho intramolecular Hbond substituents is 1. The third kappa shape index (κ3) is 5.50. The molecule has 6 atom stereocenters. The average molecular weight is 547 g/mol. The van der Waals surface area contributed by atoms with Gasteiger partial charge in [-0.2, -0.15) is 0 Å². The van der Waals surface area contributed by atoms with Crippen molar-refractivity contribution >= 4 is 18.0 Å². The highest BCUT2D eigenvalue weighted by atomic mass is 16.6. The van der Waals surface area contributed by atoms with Crippen molar-refractivity contribution in [1.29, 1.82) is 0 Å². The van der Waals surface area contributed by atoms with Crippen LogP contribution in [0.3, 0.4) is 0 Å². The molecule has 1 fully saturated rings. The van der Waals surface area contributed by atoms with Crippen LogP contribution in [0.15, 0.2) is 36.4 Å². The number of hydrogen-bond donors (Lipinski definition) is 6. The maximum absolute atomic E-state index is 12.5. The fourth-order valence-corrected chi connectivity index (χ4v) is 4.97. The fourth-order valence-electron chi connectivity index (χ4n) is 4.97. The highest BCUT2D eigenvalue weighted by Gasteiger charge is 2.50. The van der Waals surface area contributed by atoms with E-state index in [0.29, 0.717) is 28.2 Å². The zero-order valence-electron chi connectivity index (χ0n) is 21.2. The molecule has 12 heteroatoms. The Kier molecular flexibility index (Phi) is 8.02. The fraction of sp³-hybridized carbons (Fsp3) is 0.407. The molecule has 0 aromatic heterocycles. The first-order valence-electron chi connectivity index (χ1n) is 12.1. The van der Waals surface area contributed by atoms with E-state index in [1.54, 1.807) is 24.3 Å². The van der Waals surface area contributed by atoms with Crippen LogP contribution < -0.4 is 14.2 Å². The molecule has 2 aliphatic rings. The average Bonchev–Trinajstić information content (AvgIpc) is 3.27. The van der Waals surface area contributed by atoms with Gasteiger partial charge in [0.2, 0.25) is 0 Å². The Hall–Kier alpha value is -3.84. The topological polar surface area (TPSA) is 192 Å². The minimum Gasteiger partial charge on any atom is -0.504 e. The summed E-state index contributed by atoms with van der Waals surface area (Å²) in [7, 11) is 2.86. The quantitative estimate of drug-likeness (QED) is 0.203. The number of esters is 1. The number of hydrogen-bond acceptors (Lipinski definition) is 11. The molecular formula is C27H30O12. The van der Waals surface area contributed by atoms with Gasteiger partial charge in [0, 0.05) is 24.5 Å². The minimum atomic E-state index is -2.33. The summed E-state index contributed by atoms with van der Waals surface area (Å²) in [6, 6.07) is 8.05. The number of carbonyl (C=O) groups is 2. The van der Waals surface area contributed by atoms with Gasteiger partial charge in [0.15, 0.2) is 34.7 Å². The van der Waals surface area contributed by atoms with E-state index in [-0.39, 0.29) is 18.1 Å². The number of carboxylic acids is 1. The van der Waals surface area contributed by atoms with Crippen molar-refractivity contribution in [2.75, 3.05) is 20.8 Å². The van der Waals surface area contributed by atoms with E-state index in [9.17, 15) is 35.1 Å². The highest BCUT2D eigenvalue weighted by molar-refractivity contribution is 5.87. The van der Waals surface area contributed by atoms with Gasteiger partial charge in [-0.25, -0.2) is 9.59 Å². The van der Waals surface area contributed by atoms with E-state index in [1.165, 1.54) is 26.4 Å². The maximum Gasteiger partial charge on any atom is 0.335 e. The van der Waals surface area contributed by atoms with E-state index in [4.69, 9.17) is 24.1 Å². The predicted octanol–water partition coefficient (Wildman–Crippen LogP) is 0.875. The standard InChI is InChI=1S/C27H30O12/c1-36-20-9-14(4-5-17(20)29)23-16(12-28)15-7-13(8-21(37-2)24(15)39-23)3-6-22(32)38-25-18(30)10-27(35,26(33)34)11-19(25)31/h3-9,16,18-19,23,25,28-31,35H,10-12H2,1-2H3,(H,33,34)/t16-,18-,19+,23+,25?,27?/m1/s1. The largest absolute Gasteiger partial charge is 0.504 e. The Bertz CT molecular complexity index is 1260. The van der Waals surface area contributed by atoms with Crippen molar-refractivity contribution in [1.82, 2.24) is 0 Å². The van der Waals surface area contributed by atoms with E-state index in [1.807, 2.05) is 0 Å². The van der Waals surface area contributed by atoms with Gasteiger partial charge in [0.05, 0.1) is 39.0 Å². The van der Waals surface area contributed by atoms with Crippen LogP contribution in [0.4, 0.5) is 0 Å². The summed E-state index contributed by atoms with van der Waals surface area (Å²) >= 11 is 0. The van der Waals surface area contributed by atoms with E-state index in [0.717, 1.165) is 6.08 Å². The molecule has 1 saturated carbocycles. The van der Waals surface area contributed by atoms with E-state index < -0.39 is 60.7 Å². The Labute approximate surface area is 223 Å². The van der Waals surface area contributed by atoms with Crippen molar-refractivity contribution in [3.8, 4) is 23.0 Å². The number of ether oxygens (including phenoxy) is 4. The predicted molar refractivity (Wildman–Crippen MR) is 134 cm³/mol. The molecule has 1 heterocycles. The lowest BCUT2D eigenvalue weighted by atomic mass is 9.79. The Morgan fingerprint density at radius 1 is 1.08 bits per heavy atom. The van der Waals surface area contributed by atoms with Crippen molar-refractivity contribution in [2.24, 2.45) is 0 Å². The lowest BCUT2D eigenvalue weighted by Gasteiger charge is -2.39. The van der Waals surface area contributed by atoms with Gasteiger partial charge >= 0.3 is 11.9 Å². The first kappa shape index (κ1) is 28.2. The summed E-state index contributed by atoms with van der Waals surface area (Å²) < 4.78 is 21.9. The zero-order chi connectivity index (χ0) is 28.5. The molecule has 2 aromatic carbocycles. The summed E-state index contributed by atoms with van der Waals surface area (Å²) in [6.07, 6.45) is -3.98. The van der Waals surface area contributed by atoms with Crippen LogP contribution >= 0.6 is 0 Å². The third-order valence-electron chi connectivity index (χ3n) is 6.98. The number of carboxylic acid groups (broad SMARTS) is 1. The summed E-state index contributed by atoms with van der Waals surface area (Å²) in [4.78, 5) is 23.7. The van der Waals surface area contributed by atoms with Gasteiger partial charge in [-0.05, 0) is 41.5 Å². The highest BCUT2D eigenvalue weighted by Crippen LogP contribution is 2.51. The lowest BCUT2D eigenvalue weighted by molar-refractivity contribution is -0.196. The zero-order valence-corrected chi connectivity index (χ0v) is 21.2. The van der Waals surface area contributed by atoms with Crippen LogP contribution in [0.2, 0.25) is 0 Å². The number of aromatic hydroxyl groups is 1. The van der Waals surface area contributed by atoms with E-state index >= 15 is 0 Å². The van der Waals surface area contributed by atoms with Crippen molar-refractivity contribution in [2.45, 2.75) is 48.8 Å². The normalized spacial score (nSPS) is 28.0. The molecule has 1 aliphatic carbocycles. The molecule has 0 radical (unpaired) electrons. The number of aliphatic hydroxyl groups is 4. The maximum atomic E-state index is 12.5. The number of aliphatic hydroxyl groups excluding tert-OH is 3. The second kappa shape index (κ2) is 11.1. The number of fused-ring (bicyclic) bond motifs is 1. The van der Waals surface area contributed by atoms with Crippen LogP contribution in [0, 0.1) is 0 Å². The Morgan fingerprint density at radius 2 is 1.74 bits per heavy atom. The lowest BCUT2D eigenvalue weighted by Crippen LogP contribution is -2.57. The molecule has 12 nitrogen and oxygen atoms in total. The van der Waals surface area contributed by atoms with E-state index in [2.05, 4.69) is 0 Å². The summed E-state index contributed by atoms with van der Waals surface area (Å²) in [5, 5.41) is 59.7. The molecule has 0 amide bonds. The Morgan fingerprint density at radius 3 is 2.33 bits per heavy atom. The molecule has 6 N–H and O–H groups in total. The molecule has 210 valence electrons. The number of benzene rings is 2. The third-order valence-corrected chi connectivity index (χ3v) is 6.98. The molecule has 2 aromatic rings. The van der Waals surface area contributed by atoms with Gasteiger partial charge < -0.3 is 49.6 Å². The van der Waals surface area contributed by atoms with Gasteiger partial charge in [-0.15, -0.1) is 0 Å². The SMILES string of the molecule is COc1cc([C@@H]2Oc3c(OC)cc(C=CC(=O)OC4[C@H](O)CC(O)(C(=O)O)C[C@@H]4O)cc3[C@H]2CO)ccc1O. The van der Waals surface area contributed by atoms with Crippen molar-refractivity contribution in [3.63, 3.8) is 0 Å². The van der Waals surface area contributed by atoms with Crippen molar-refractivity contribution < 1.29 is 59.2 Å². The molecule has 0 bridgehead atoms. The van der Waals surface area contributed by atoms with Crippen LogP contribution in [-0.2, 0) is 14.3 Å². The second-order valence-corrected chi connectivity index (χ2v) is 9.51. The van der Waals surface area contributed by atoms with Gasteiger partial charge in [-0.1, -0.05) is 6.07 Å². The van der Waals surface area contributed by atoms with Crippen LogP contribution in [0.25, 0.3) is 6.08 Å². The molecule has 2 unspecified atom stereocenters. The molecule has 4 rings (SSSR count). The van der Waals surface area contributed by atoms with Gasteiger partial charge in [0.1, 0.15) is 6.10 Å². The first-order valence-corrected chi connectivity index (χ1v) is 12.1. The van der Waals surface area contributed by atoms with Crippen LogP contribution in [0.1, 0.15) is 41.6 Å². The number of phenols is 1. The van der Waals surface area contributed by atoms with Gasteiger partial charge in [-0.3, -0.25) is 0 Å². The summed E-state index contributed by atoms with van der Waals surface area (Å²) in [6.45, 7) is -0.278. The number of aliphatic carboxylic acids is 1. The minimum absolute atomic E-state index is 0.0416. The summed E-state index contributed by atoms with van der Waals surface area (Å²) in [5.41, 5.74) is -0.555. The molecule has 0 saturated heterocycles. The number of methoxy groups -OCH3 is 2.